The number of non-ortho nitro benzene ring substituents is 1. The van der Waals surface area contributed by atoms with Crippen molar-refractivity contribution in [3.63, 3.8) is 0 Å². The van der Waals surface area contributed by atoms with Crippen LogP contribution < -0.4 is 5.32 Å². The first-order valence-corrected chi connectivity index (χ1v) is 5.17. The Labute approximate surface area is 103 Å². The molecule has 0 aliphatic heterocycles. The van der Waals surface area contributed by atoms with Crippen LogP contribution in [0, 0.1) is 27.4 Å². The van der Waals surface area contributed by atoms with Gasteiger partial charge >= 0.3 is 0 Å². The van der Waals surface area contributed by atoms with E-state index in [0.29, 0.717) is 6.42 Å². The molecule has 1 rings (SSSR count). The fourth-order valence-corrected chi connectivity index (χ4v) is 1.29. The molecule has 0 aliphatic carbocycles. The van der Waals surface area contributed by atoms with E-state index in [-0.39, 0.29) is 11.4 Å². The fourth-order valence-electron chi connectivity index (χ4n) is 1.29. The molecule has 0 heterocycles. The monoisotopic (exact) mass is 249 g/mol. The summed E-state index contributed by atoms with van der Waals surface area (Å²) >= 11 is 0. The number of hydrogen-bond acceptors (Lipinski definition) is 5. The highest BCUT2D eigenvalue weighted by Gasteiger charge is 2.18. The van der Waals surface area contributed by atoms with Crippen LogP contribution in [0.5, 0.6) is 5.75 Å². The number of phenolic OH excluding ortho intramolecular Hbond substituents is 1. The van der Waals surface area contributed by atoms with E-state index in [4.69, 9.17) is 5.26 Å². The Bertz CT molecular complexity index is 522. The second-order valence-electron chi connectivity index (χ2n) is 3.54. The van der Waals surface area contributed by atoms with E-state index in [1.54, 1.807) is 6.92 Å². The van der Waals surface area contributed by atoms with Gasteiger partial charge < -0.3 is 10.4 Å². The van der Waals surface area contributed by atoms with Crippen molar-refractivity contribution in [2.45, 2.75) is 13.3 Å². The zero-order valence-electron chi connectivity index (χ0n) is 9.58. The van der Waals surface area contributed by atoms with E-state index in [1.807, 2.05) is 6.07 Å². The van der Waals surface area contributed by atoms with Crippen LogP contribution in [0.4, 0.5) is 11.4 Å². The smallest absolute Gasteiger partial charge is 0.273 e. The summed E-state index contributed by atoms with van der Waals surface area (Å²) in [7, 11) is 0. The van der Waals surface area contributed by atoms with Crippen molar-refractivity contribution < 1.29 is 14.8 Å². The number of carbonyl (C=O) groups excluding carboxylic acids is 1. The molecule has 0 aliphatic rings. The molecule has 1 unspecified atom stereocenters. The van der Waals surface area contributed by atoms with Crippen molar-refractivity contribution in [1.82, 2.24) is 0 Å². The molecule has 0 spiro atoms. The van der Waals surface area contributed by atoms with Crippen LogP contribution in [-0.4, -0.2) is 15.9 Å². The third-order valence-corrected chi connectivity index (χ3v) is 2.33. The van der Waals surface area contributed by atoms with Gasteiger partial charge in [-0.15, -0.1) is 0 Å². The van der Waals surface area contributed by atoms with Crippen molar-refractivity contribution in [2.24, 2.45) is 5.92 Å². The first-order valence-electron chi connectivity index (χ1n) is 5.17. The minimum atomic E-state index is -0.820. The molecule has 1 amide bonds. The van der Waals surface area contributed by atoms with Gasteiger partial charge in [0, 0.05) is 6.07 Å². The number of aromatic hydroxyl groups is 1. The van der Waals surface area contributed by atoms with Gasteiger partial charge in [-0.05, 0) is 12.5 Å². The topological polar surface area (TPSA) is 116 Å². The van der Waals surface area contributed by atoms with E-state index in [0.717, 1.165) is 12.1 Å². The lowest BCUT2D eigenvalue weighted by Crippen LogP contribution is -2.20. The maximum Gasteiger partial charge on any atom is 0.273 e. The Kier molecular flexibility index (Phi) is 4.21. The number of nitriles is 1. The number of nitro groups is 1. The first-order chi connectivity index (χ1) is 8.49. The molecule has 0 saturated carbocycles. The summed E-state index contributed by atoms with van der Waals surface area (Å²) in [5.41, 5.74) is -0.239. The molecule has 7 nitrogen and oxygen atoms in total. The third kappa shape index (κ3) is 2.95. The summed E-state index contributed by atoms with van der Waals surface area (Å²) in [6, 6.07) is 5.13. The Balaban J connectivity index is 2.90. The number of anilines is 1. The Morgan fingerprint density at radius 2 is 2.33 bits per heavy atom. The van der Waals surface area contributed by atoms with Crippen LogP contribution in [0.25, 0.3) is 0 Å². The number of benzene rings is 1. The predicted molar refractivity (Wildman–Crippen MR) is 62.8 cm³/mol. The van der Waals surface area contributed by atoms with E-state index in [2.05, 4.69) is 5.32 Å². The first kappa shape index (κ1) is 13.4. The zero-order valence-corrected chi connectivity index (χ0v) is 9.58. The summed E-state index contributed by atoms with van der Waals surface area (Å²) < 4.78 is 0. The van der Waals surface area contributed by atoms with Gasteiger partial charge in [0.15, 0.2) is 0 Å². The highest BCUT2D eigenvalue weighted by molar-refractivity contribution is 5.95. The second-order valence-corrected chi connectivity index (χ2v) is 3.54. The Hall–Kier alpha value is -2.62. The maximum atomic E-state index is 11.6. The summed E-state index contributed by atoms with van der Waals surface area (Å²) in [6.45, 7) is 1.68. The van der Waals surface area contributed by atoms with Crippen molar-refractivity contribution in [2.75, 3.05) is 5.32 Å². The predicted octanol–water partition coefficient (Wildman–Crippen LogP) is 1.79. The van der Waals surface area contributed by atoms with Gasteiger partial charge in [0.2, 0.25) is 5.91 Å². The summed E-state index contributed by atoms with van der Waals surface area (Å²) in [4.78, 5) is 21.4. The standard InChI is InChI=1S/C11H11N3O4/c1-2-7(6-12)11(16)13-9-4-3-8(14(17)18)5-10(9)15/h3-5,7,15H,2H2,1H3,(H,13,16). The van der Waals surface area contributed by atoms with E-state index in [1.165, 1.54) is 6.07 Å². The molecular formula is C11H11N3O4. The lowest BCUT2D eigenvalue weighted by molar-refractivity contribution is -0.384. The van der Waals surface area contributed by atoms with E-state index >= 15 is 0 Å². The Morgan fingerprint density at radius 1 is 1.67 bits per heavy atom. The lowest BCUT2D eigenvalue weighted by Gasteiger charge is -2.09. The molecule has 2 N–H and O–H groups in total. The normalized spacial score (nSPS) is 11.3. The maximum absolute atomic E-state index is 11.6. The number of amides is 1. The molecule has 0 fully saturated rings. The molecular weight excluding hydrogens is 238 g/mol. The van der Waals surface area contributed by atoms with Gasteiger partial charge in [-0.2, -0.15) is 5.26 Å². The van der Waals surface area contributed by atoms with Gasteiger partial charge in [0.1, 0.15) is 11.7 Å². The summed E-state index contributed by atoms with van der Waals surface area (Å²) in [5.74, 6) is -1.78. The Morgan fingerprint density at radius 3 is 2.78 bits per heavy atom. The van der Waals surface area contributed by atoms with Crippen LogP contribution in [0.3, 0.4) is 0 Å². The minimum Gasteiger partial charge on any atom is -0.506 e. The molecule has 0 radical (unpaired) electrons. The van der Waals surface area contributed by atoms with Gasteiger partial charge in [-0.25, -0.2) is 0 Å². The van der Waals surface area contributed by atoms with Gasteiger partial charge in [0.05, 0.1) is 22.7 Å². The summed E-state index contributed by atoms with van der Waals surface area (Å²) in [6.07, 6.45) is 0.343. The van der Waals surface area contributed by atoms with Crippen LogP contribution in [0.2, 0.25) is 0 Å². The van der Waals surface area contributed by atoms with Gasteiger partial charge in [0.25, 0.3) is 5.69 Å². The third-order valence-electron chi connectivity index (χ3n) is 2.33. The lowest BCUT2D eigenvalue weighted by atomic mass is 10.1. The van der Waals surface area contributed by atoms with Crippen molar-refractivity contribution in [3.8, 4) is 11.8 Å². The SMILES string of the molecule is CCC(C#N)C(=O)Nc1ccc([N+](=O)[O-])cc1O. The highest BCUT2D eigenvalue weighted by atomic mass is 16.6. The molecule has 0 saturated heterocycles. The zero-order chi connectivity index (χ0) is 13.7. The van der Waals surface area contributed by atoms with Crippen molar-refractivity contribution in [1.29, 1.82) is 5.26 Å². The number of nitrogens with one attached hydrogen (secondary N) is 1. The molecule has 0 aromatic heterocycles. The average molecular weight is 249 g/mol. The molecule has 94 valence electrons. The number of phenols is 1. The minimum absolute atomic E-state index is 0.0410. The van der Waals surface area contributed by atoms with Crippen molar-refractivity contribution in [3.05, 3.63) is 28.3 Å². The van der Waals surface area contributed by atoms with Crippen molar-refractivity contribution >= 4 is 17.3 Å². The molecule has 1 aromatic rings. The van der Waals surface area contributed by atoms with Gasteiger partial charge in [-0.3, -0.25) is 14.9 Å². The van der Waals surface area contributed by atoms with E-state index in [9.17, 15) is 20.0 Å². The molecule has 0 bridgehead atoms. The number of nitrogens with zero attached hydrogens (tertiary/aromatic N) is 2. The van der Waals surface area contributed by atoms with E-state index < -0.39 is 22.5 Å². The van der Waals surface area contributed by atoms with Crippen LogP contribution in [-0.2, 0) is 4.79 Å². The average Bonchev–Trinajstić information content (AvgIpc) is 2.33. The van der Waals surface area contributed by atoms with Gasteiger partial charge in [-0.1, -0.05) is 6.92 Å². The molecule has 18 heavy (non-hydrogen) atoms. The number of rotatable bonds is 4. The number of carbonyl (C=O) groups is 1. The van der Waals surface area contributed by atoms with Crippen LogP contribution in [0.15, 0.2) is 18.2 Å². The fraction of sp³-hybridized carbons (Fsp3) is 0.273. The molecule has 7 heteroatoms. The molecule has 1 atom stereocenters. The quantitative estimate of drug-likeness (QED) is 0.479. The number of hydrogen-bond donors (Lipinski definition) is 2. The second kappa shape index (κ2) is 5.63. The number of nitro benzene ring substituents is 1. The summed E-state index contributed by atoms with van der Waals surface area (Å²) in [5, 5.41) is 31.0. The molecule has 1 aromatic carbocycles. The van der Waals surface area contributed by atoms with Crippen LogP contribution >= 0.6 is 0 Å². The largest absolute Gasteiger partial charge is 0.506 e. The highest BCUT2D eigenvalue weighted by Crippen LogP contribution is 2.28. The van der Waals surface area contributed by atoms with Crippen LogP contribution in [0.1, 0.15) is 13.3 Å².